The second-order valence-electron chi connectivity index (χ2n) is 4.77. The molecule has 0 aromatic heterocycles. The van der Waals surface area contributed by atoms with Crippen molar-refractivity contribution < 1.29 is 8.42 Å². The molecule has 4 N–H and O–H groups in total. The Hall–Kier alpha value is -1.44. The van der Waals surface area contributed by atoms with Crippen LogP contribution in [0.15, 0.2) is 24.3 Å². The molecule has 0 unspecified atom stereocenters. The van der Waals surface area contributed by atoms with Crippen molar-refractivity contribution in [2.24, 2.45) is 5.73 Å². The number of nitrogen functional groups attached to an aromatic ring is 1. The summed E-state index contributed by atoms with van der Waals surface area (Å²) in [5, 5.41) is 7.37. The fourth-order valence-corrected chi connectivity index (χ4v) is 2.84. The Kier molecular flexibility index (Phi) is 3.88. The third kappa shape index (κ3) is 3.76. The van der Waals surface area contributed by atoms with Crippen molar-refractivity contribution >= 4 is 16.0 Å². The maximum atomic E-state index is 12.0. The summed E-state index contributed by atoms with van der Waals surface area (Å²) in [6.45, 7) is 0.253. The van der Waals surface area contributed by atoms with E-state index < -0.39 is 10.2 Å². The van der Waals surface area contributed by atoms with Crippen molar-refractivity contribution in [3.63, 3.8) is 0 Å². The maximum absolute atomic E-state index is 12.0. The van der Waals surface area contributed by atoms with Gasteiger partial charge < -0.3 is 5.73 Å². The Balaban J connectivity index is 2.07. The predicted octanol–water partition coefficient (Wildman–Crippen LogP) is 0.399. The highest BCUT2D eigenvalue weighted by Crippen LogP contribution is 2.20. The first-order valence-electron chi connectivity index (χ1n) is 6.05. The van der Waals surface area contributed by atoms with Gasteiger partial charge in [0.1, 0.15) is 5.84 Å². The highest BCUT2D eigenvalue weighted by atomic mass is 32.2. The standard InChI is InChI=1S/C12H18N4O2S/c1-16(19(17,18)15-11-5-6-11)8-9-3-2-4-10(7-9)12(13)14/h2-4,7,11,15H,5-6,8H2,1H3,(H3,13,14). The molecule has 1 fully saturated rings. The maximum Gasteiger partial charge on any atom is 0.279 e. The van der Waals surface area contributed by atoms with Crippen molar-refractivity contribution in [3.8, 4) is 0 Å². The molecule has 0 atom stereocenters. The van der Waals surface area contributed by atoms with E-state index in [0.29, 0.717) is 5.56 Å². The lowest BCUT2D eigenvalue weighted by atomic mass is 10.1. The van der Waals surface area contributed by atoms with E-state index in [1.807, 2.05) is 6.07 Å². The molecule has 1 aliphatic rings. The summed E-state index contributed by atoms with van der Waals surface area (Å²) in [5.74, 6) is -0.0246. The lowest BCUT2D eigenvalue weighted by Gasteiger charge is -2.17. The minimum Gasteiger partial charge on any atom is -0.384 e. The van der Waals surface area contributed by atoms with Gasteiger partial charge in [-0.3, -0.25) is 5.41 Å². The minimum atomic E-state index is -3.43. The van der Waals surface area contributed by atoms with Gasteiger partial charge in [-0.15, -0.1) is 0 Å². The third-order valence-electron chi connectivity index (χ3n) is 2.95. The van der Waals surface area contributed by atoms with E-state index >= 15 is 0 Å². The number of hydrogen-bond acceptors (Lipinski definition) is 3. The van der Waals surface area contributed by atoms with Crippen LogP contribution in [0.25, 0.3) is 0 Å². The number of rotatable bonds is 6. The first-order valence-corrected chi connectivity index (χ1v) is 7.49. The fraction of sp³-hybridized carbons (Fsp3) is 0.417. The molecule has 104 valence electrons. The molecule has 7 heteroatoms. The summed E-state index contributed by atoms with van der Waals surface area (Å²) in [7, 11) is -1.90. The highest BCUT2D eigenvalue weighted by Gasteiger charge is 2.29. The predicted molar refractivity (Wildman–Crippen MR) is 74.0 cm³/mol. The van der Waals surface area contributed by atoms with Crippen LogP contribution in [-0.2, 0) is 16.8 Å². The average Bonchev–Trinajstić information content (AvgIpc) is 3.12. The smallest absolute Gasteiger partial charge is 0.279 e. The molecule has 6 nitrogen and oxygen atoms in total. The second kappa shape index (κ2) is 5.28. The fourth-order valence-electron chi connectivity index (χ4n) is 1.68. The number of hydrogen-bond donors (Lipinski definition) is 3. The van der Waals surface area contributed by atoms with E-state index in [9.17, 15) is 8.42 Å². The molecule has 0 amide bonds. The Morgan fingerprint density at radius 1 is 1.53 bits per heavy atom. The molecule has 1 saturated carbocycles. The Labute approximate surface area is 113 Å². The molecule has 0 spiro atoms. The third-order valence-corrected chi connectivity index (χ3v) is 4.53. The summed E-state index contributed by atoms with van der Waals surface area (Å²) in [4.78, 5) is 0. The number of nitrogens with two attached hydrogens (primary N) is 1. The van der Waals surface area contributed by atoms with Gasteiger partial charge in [0.15, 0.2) is 0 Å². The number of nitrogens with zero attached hydrogens (tertiary/aromatic N) is 1. The monoisotopic (exact) mass is 282 g/mol. The van der Waals surface area contributed by atoms with E-state index in [1.54, 1.807) is 18.2 Å². The van der Waals surface area contributed by atoms with Gasteiger partial charge in [-0.25, -0.2) is 0 Å². The summed E-state index contributed by atoms with van der Waals surface area (Å²) in [6.07, 6.45) is 1.82. The second-order valence-corrected chi connectivity index (χ2v) is 6.58. The minimum absolute atomic E-state index is 0.0246. The normalized spacial score (nSPS) is 15.7. The van der Waals surface area contributed by atoms with Crippen LogP contribution in [-0.4, -0.2) is 31.6 Å². The van der Waals surface area contributed by atoms with Gasteiger partial charge in [0, 0.05) is 25.2 Å². The molecule has 1 aliphatic carbocycles. The van der Waals surface area contributed by atoms with Crippen molar-refractivity contribution in [3.05, 3.63) is 35.4 Å². The number of amidine groups is 1. The van der Waals surface area contributed by atoms with Gasteiger partial charge in [-0.2, -0.15) is 17.4 Å². The van der Waals surface area contributed by atoms with Gasteiger partial charge in [-0.05, 0) is 24.5 Å². The molecule has 0 saturated heterocycles. The molecule has 19 heavy (non-hydrogen) atoms. The van der Waals surface area contributed by atoms with Gasteiger partial charge in [-0.1, -0.05) is 18.2 Å². The Morgan fingerprint density at radius 3 is 2.79 bits per heavy atom. The Morgan fingerprint density at radius 2 is 2.21 bits per heavy atom. The van der Waals surface area contributed by atoms with Crippen LogP contribution in [0.2, 0.25) is 0 Å². The quantitative estimate of drug-likeness (QED) is 0.520. The zero-order valence-electron chi connectivity index (χ0n) is 10.8. The molecule has 1 aromatic carbocycles. The summed E-state index contributed by atoms with van der Waals surface area (Å²) in [6, 6.07) is 7.13. The lowest BCUT2D eigenvalue weighted by Crippen LogP contribution is -2.38. The molecule has 0 aliphatic heterocycles. The largest absolute Gasteiger partial charge is 0.384 e. The van der Waals surface area contributed by atoms with E-state index in [-0.39, 0.29) is 18.4 Å². The molecule has 0 bridgehead atoms. The zero-order valence-corrected chi connectivity index (χ0v) is 11.6. The summed E-state index contributed by atoms with van der Waals surface area (Å²) in [5.41, 5.74) is 6.81. The molecular weight excluding hydrogens is 264 g/mol. The van der Waals surface area contributed by atoms with Crippen LogP contribution in [0.1, 0.15) is 24.0 Å². The van der Waals surface area contributed by atoms with E-state index in [4.69, 9.17) is 11.1 Å². The van der Waals surface area contributed by atoms with E-state index in [0.717, 1.165) is 18.4 Å². The van der Waals surface area contributed by atoms with Crippen LogP contribution >= 0.6 is 0 Å². The van der Waals surface area contributed by atoms with Gasteiger partial charge >= 0.3 is 0 Å². The summed E-state index contributed by atoms with van der Waals surface area (Å²) < 4.78 is 27.8. The van der Waals surface area contributed by atoms with Crippen molar-refractivity contribution in [1.29, 1.82) is 5.41 Å². The summed E-state index contributed by atoms with van der Waals surface area (Å²) >= 11 is 0. The number of benzene rings is 1. The lowest BCUT2D eigenvalue weighted by molar-refractivity contribution is 0.454. The first-order chi connectivity index (χ1) is 8.88. The Bertz CT molecular complexity index is 581. The van der Waals surface area contributed by atoms with E-state index in [1.165, 1.54) is 11.4 Å². The van der Waals surface area contributed by atoms with Gasteiger partial charge in [0.25, 0.3) is 10.2 Å². The number of nitrogens with one attached hydrogen (secondary N) is 2. The van der Waals surface area contributed by atoms with Crippen molar-refractivity contribution in [2.45, 2.75) is 25.4 Å². The zero-order chi connectivity index (χ0) is 14.0. The molecule has 0 radical (unpaired) electrons. The highest BCUT2D eigenvalue weighted by molar-refractivity contribution is 7.87. The van der Waals surface area contributed by atoms with E-state index in [2.05, 4.69) is 4.72 Å². The van der Waals surface area contributed by atoms with Crippen molar-refractivity contribution in [1.82, 2.24) is 9.03 Å². The average molecular weight is 282 g/mol. The molecular formula is C12H18N4O2S. The first kappa shape index (κ1) is 14.0. The molecule has 2 rings (SSSR count). The SMILES string of the molecule is CN(Cc1cccc(C(=N)N)c1)S(=O)(=O)NC1CC1. The van der Waals surface area contributed by atoms with Crippen LogP contribution in [0.5, 0.6) is 0 Å². The molecule has 0 heterocycles. The van der Waals surface area contributed by atoms with Crippen LogP contribution < -0.4 is 10.5 Å². The molecule has 1 aromatic rings. The van der Waals surface area contributed by atoms with Crippen LogP contribution in [0.4, 0.5) is 0 Å². The van der Waals surface area contributed by atoms with Gasteiger partial charge in [0.2, 0.25) is 0 Å². The van der Waals surface area contributed by atoms with Gasteiger partial charge in [0.05, 0.1) is 0 Å². The van der Waals surface area contributed by atoms with Crippen molar-refractivity contribution in [2.75, 3.05) is 7.05 Å². The topological polar surface area (TPSA) is 99.3 Å². The van der Waals surface area contributed by atoms with Crippen LogP contribution in [0.3, 0.4) is 0 Å². The van der Waals surface area contributed by atoms with Crippen LogP contribution in [0, 0.1) is 5.41 Å².